The Hall–Kier alpha value is -3.49. The van der Waals surface area contributed by atoms with Crippen molar-refractivity contribution in [1.82, 2.24) is 0 Å². The van der Waals surface area contributed by atoms with Crippen LogP contribution in [0.3, 0.4) is 0 Å². The zero-order chi connectivity index (χ0) is 22.7. The fraction of sp³-hybridized carbons (Fsp3) is 0.0417. The average molecular weight is 466 g/mol. The monoisotopic (exact) mass is 465 g/mol. The Balaban J connectivity index is 1.56. The first-order valence-corrected chi connectivity index (χ1v) is 10.7. The van der Waals surface area contributed by atoms with Gasteiger partial charge < -0.3 is 9.47 Å². The number of anilines is 1. The molecule has 1 aliphatic heterocycles. The molecule has 0 aliphatic carbocycles. The molecular weight excluding hydrogens is 449 g/mol. The van der Waals surface area contributed by atoms with Crippen LogP contribution >= 0.6 is 24.0 Å². The van der Waals surface area contributed by atoms with Crippen molar-refractivity contribution in [2.24, 2.45) is 0 Å². The maximum Gasteiger partial charge on any atom is 0.343 e. The summed E-state index contributed by atoms with van der Waals surface area (Å²) in [5, 5.41) is 0. The Morgan fingerprint density at radius 1 is 1.03 bits per heavy atom. The number of thiocarbonyl (C=S) groups is 1. The molecule has 0 N–H and O–H groups in total. The van der Waals surface area contributed by atoms with Crippen LogP contribution in [-0.4, -0.2) is 23.3 Å². The summed E-state index contributed by atoms with van der Waals surface area (Å²) >= 11 is 6.60. The Labute approximate surface area is 193 Å². The molecular formula is C24H16FNO4S2. The summed E-state index contributed by atoms with van der Waals surface area (Å²) in [6.45, 7) is 0. The number of amides is 1. The van der Waals surface area contributed by atoms with Crippen molar-refractivity contribution in [3.8, 4) is 11.5 Å². The van der Waals surface area contributed by atoms with Gasteiger partial charge in [-0.2, -0.15) is 0 Å². The molecule has 5 nitrogen and oxygen atoms in total. The van der Waals surface area contributed by atoms with E-state index in [1.54, 1.807) is 24.3 Å². The van der Waals surface area contributed by atoms with Crippen molar-refractivity contribution in [3.05, 3.63) is 94.6 Å². The molecule has 1 heterocycles. The number of rotatable bonds is 5. The Morgan fingerprint density at radius 2 is 1.75 bits per heavy atom. The summed E-state index contributed by atoms with van der Waals surface area (Å²) in [5.41, 5.74) is 1.60. The number of ether oxygens (including phenoxy) is 2. The molecule has 4 rings (SSSR count). The van der Waals surface area contributed by atoms with Crippen LogP contribution in [0.15, 0.2) is 77.7 Å². The summed E-state index contributed by atoms with van der Waals surface area (Å²) in [6, 6.07) is 19.2. The van der Waals surface area contributed by atoms with Crippen LogP contribution in [0.1, 0.15) is 15.9 Å². The summed E-state index contributed by atoms with van der Waals surface area (Å²) in [4.78, 5) is 27.2. The molecule has 0 atom stereocenters. The number of thioether (sulfide) groups is 1. The SMILES string of the molecule is COc1cc(/C=C2/SC(=S)N(c3ccccc3)C2=O)ccc1OC(=O)c1ccc(F)cc1. The molecule has 1 amide bonds. The lowest BCUT2D eigenvalue weighted by Gasteiger charge is -2.13. The number of para-hydroxylation sites is 1. The predicted octanol–water partition coefficient (Wildman–Crippen LogP) is 5.46. The summed E-state index contributed by atoms with van der Waals surface area (Å²) < 4.78 is 24.3. The lowest BCUT2D eigenvalue weighted by atomic mass is 10.1. The zero-order valence-corrected chi connectivity index (χ0v) is 18.4. The molecule has 0 saturated carbocycles. The first-order chi connectivity index (χ1) is 15.5. The second kappa shape index (κ2) is 9.33. The van der Waals surface area contributed by atoms with Crippen molar-refractivity contribution in [1.29, 1.82) is 0 Å². The first-order valence-electron chi connectivity index (χ1n) is 9.45. The van der Waals surface area contributed by atoms with Crippen LogP contribution in [0, 0.1) is 5.82 Å². The fourth-order valence-corrected chi connectivity index (χ4v) is 4.32. The summed E-state index contributed by atoms with van der Waals surface area (Å²) in [6.07, 6.45) is 1.70. The van der Waals surface area contributed by atoms with Crippen LogP contribution in [-0.2, 0) is 4.79 Å². The normalized spacial score (nSPS) is 14.7. The molecule has 1 fully saturated rings. The number of esters is 1. The molecule has 0 unspecified atom stereocenters. The second-order valence-corrected chi connectivity index (χ2v) is 8.34. The molecule has 0 radical (unpaired) electrons. The topological polar surface area (TPSA) is 55.8 Å². The van der Waals surface area contributed by atoms with Crippen LogP contribution < -0.4 is 14.4 Å². The Morgan fingerprint density at radius 3 is 2.44 bits per heavy atom. The van der Waals surface area contributed by atoms with Gasteiger partial charge in [0.05, 0.1) is 23.3 Å². The second-order valence-electron chi connectivity index (χ2n) is 6.66. The van der Waals surface area contributed by atoms with Crippen LogP contribution in [0.25, 0.3) is 6.08 Å². The number of halogens is 1. The number of carbonyl (C=O) groups is 2. The molecule has 0 bridgehead atoms. The smallest absolute Gasteiger partial charge is 0.343 e. The third-order valence-electron chi connectivity index (χ3n) is 4.58. The van der Waals surface area contributed by atoms with Gasteiger partial charge >= 0.3 is 5.97 Å². The predicted molar refractivity (Wildman–Crippen MR) is 126 cm³/mol. The van der Waals surface area contributed by atoms with Gasteiger partial charge in [0.25, 0.3) is 5.91 Å². The highest BCUT2D eigenvalue weighted by atomic mass is 32.2. The van der Waals surface area contributed by atoms with Gasteiger partial charge in [0, 0.05) is 0 Å². The summed E-state index contributed by atoms with van der Waals surface area (Å²) in [7, 11) is 1.45. The van der Waals surface area contributed by atoms with E-state index in [1.807, 2.05) is 30.3 Å². The van der Waals surface area contributed by atoms with Crippen molar-refractivity contribution in [2.45, 2.75) is 0 Å². The van der Waals surface area contributed by atoms with Gasteiger partial charge in [-0.05, 0) is 60.2 Å². The fourth-order valence-electron chi connectivity index (χ4n) is 3.02. The number of hydrogen-bond donors (Lipinski definition) is 0. The highest BCUT2D eigenvalue weighted by Crippen LogP contribution is 2.37. The minimum atomic E-state index is -0.639. The van der Waals surface area contributed by atoms with E-state index in [9.17, 15) is 14.0 Å². The largest absolute Gasteiger partial charge is 0.493 e. The van der Waals surface area contributed by atoms with Crippen molar-refractivity contribution in [3.63, 3.8) is 0 Å². The van der Waals surface area contributed by atoms with Gasteiger partial charge in [-0.1, -0.05) is 48.2 Å². The number of nitrogens with zero attached hydrogens (tertiary/aromatic N) is 1. The number of methoxy groups -OCH3 is 1. The van der Waals surface area contributed by atoms with E-state index in [0.29, 0.717) is 26.2 Å². The minimum Gasteiger partial charge on any atom is -0.493 e. The minimum absolute atomic E-state index is 0.204. The maximum atomic E-state index is 13.1. The van der Waals surface area contributed by atoms with Crippen molar-refractivity contribution >= 4 is 51.9 Å². The van der Waals surface area contributed by atoms with Gasteiger partial charge in [-0.3, -0.25) is 9.69 Å². The van der Waals surface area contributed by atoms with Gasteiger partial charge in [0.1, 0.15) is 5.82 Å². The Bertz CT molecular complexity index is 1230. The van der Waals surface area contributed by atoms with Gasteiger partial charge in [0.15, 0.2) is 15.8 Å². The van der Waals surface area contributed by atoms with Gasteiger partial charge in [-0.15, -0.1) is 0 Å². The van der Waals surface area contributed by atoms with E-state index >= 15 is 0 Å². The third kappa shape index (κ3) is 4.56. The molecule has 3 aromatic carbocycles. The molecule has 0 aromatic heterocycles. The van der Waals surface area contributed by atoms with E-state index < -0.39 is 11.8 Å². The number of carbonyl (C=O) groups excluding carboxylic acids is 2. The van der Waals surface area contributed by atoms with E-state index in [1.165, 1.54) is 48.0 Å². The average Bonchev–Trinajstić information content (AvgIpc) is 3.08. The van der Waals surface area contributed by atoms with Gasteiger partial charge in [0.2, 0.25) is 0 Å². The van der Waals surface area contributed by atoms with Crippen molar-refractivity contribution < 1.29 is 23.5 Å². The number of hydrogen-bond acceptors (Lipinski definition) is 6. The highest BCUT2D eigenvalue weighted by molar-refractivity contribution is 8.27. The maximum absolute atomic E-state index is 13.1. The zero-order valence-electron chi connectivity index (χ0n) is 16.8. The van der Waals surface area contributed by atoms with E-state index in [-0.39, 0.29) is 17.2 Å². The first kappa shape index (κ1) is 21.7. The lowest BCUT2D eigenvalue weighted by molar-refractivity contribution is -0.113. The lowest BCUT2D eigenvalue weighted by Crippen LogP contribution is -2.27. The molecule has 3 aromatic rings. The molecule has 160 valence electrons. The molecule has 8 heteroatoms. The Kier molecular flexibility index (Phi) is 6.34. The van der Waals surface area contributed by atoms with Crippen LogP contribution in [0.5, 0.6) is 11.5 Å². The molecule has 1 saturated heterocycles. The summed E-state index contributed by atoms with van der Waals surface area (Å²) in [5.74, 6) is -0.776. The number of benzene rings is 3. The van der Waals surface area contributed by atoms with Gasteiger partial charge in [-0.25, -0.2) is 9.18 Å². The molecule has 0 spiro atoms. The quantitative estimate of drug-likeness (QED) is 0.216. The van der Waals surface area contributed by atoms with Crippen LogP contribution in [0.4, 0.5) is 10.1 Å². The van der Waals surface area contributed by atoms with E-state index in [2.05, 4.69) is 0 Å². The highest BCUT2D eigenvalue weighted by Gasteiger charge is 2.33. The van der Waals surface area contributed by atoms with Crippen molar-refractivity contribution in [2.75, 3.05) is 12.0 Å². The van der Waals surface area contributed by atoms with E-state index in [0.717, 1.165) is 0 Å². The molecule has 1 aliphatic rings. The third-order valence-corrected chi connectivity index (χ3v) is 5.88. The van der Waals surface area contributed by atoms with Crippen LogP contribution in [0.2, 0.25) is 0 Å². The van der Waals surface area contributed by atoms with E-state index in [4.69, 9.17) is 21.7 Å². The standard InChI is InChI=1S/C24H16FNO4S2/c1-29-20-13-15(7-12-19(20)30-23(28)16-8-10-17(25)11-9-16)14-21-22(27)26(24(31)32-21)18-5-3-2-4-6-18/h2-14H,1H3/b21-14+. The molecule has 32 heavy (non-hydrogen) atoms.